The molecule has 1 amide bonds. The number of nitrogens with one attached hydrogen (secondary N) is 1. The Morgan fingerprint density at radius 2 is 1.74 bits per heavy atom. The first-order chi connectivity index (χ1) is 8.72. The van der Waals surface area contributed by atoms with Crippen molar-refractivity contribution in [2.24, 2.45) is 5.92 Å². The molecule has 0 fully saturated rings. The fraction of sp³-hybridized carbons (Fsp3) is 0.429. The molecule has 0 heterocycles. The van der Waals surface area contributed by atoms with Gasteiger partial charge in [-0.05, 0) is 31.5 Å². The molecule has 0 spiro atoms. The Morgan fingerprint density at radius 1 is 1.21 bits per heavy atom. The van der Waals surface area contributed by atoms with Gasteiger partial charge in [-0.2, -0.15) is 0 Å². The van der Waals surface area contributed by atoms with Crippen molar-refractivity contribution in [2.75, 3.05) is 5.32 Å². The highest BCUT2D eigenvalue weighted by Crippen LogP contribution is 2.27. The Labute approximate surface area is 112 Å². The Kier molecular flexibility index (Phi) is 4.53. The molecule has 1 aromatic rings. The summed E-state index contributed by atoms with van der Waals surface area (Å²) in [6.07, 6.45) is -1.11. The predicted molar refractivity (Wildman–Crippen MR) is 72.0 cm³/mol. The van der Waals surface area contributed by atoms with Crippen molar-refractivity contribution in [3.05, 3.63) is 29.8 Å². The summed E-state index contributed by atoms with van der Waals surface area (Å²) < 4.78 is 5.43. The van der Waals surface area contributed by atoms with Gasteiger partial charge in [0, 0.05) is 5.69 Å². The maximum absolute atomic E-state index is 11.6. The average Bonchev–Trinajstić information content (AvgIpc) is 2.28. The number of benzene rings is 1. The molecule has 5 nitrogen and oxygen atoms in total. The van der Waals surface area contributed by atoms with Gasteiger partial charge in [-0.3, -0.25) is 10.1 Å². The van der Waals surface area contributed by atoms with E-state index in [-0.39, 0.29) is 11.9 Å². The van der Waals surface area contributed by atoms with Crippen LogP contribution in [0.15, 0.2) is 24.3 Å². The maximum Gasteiger partial charge on any atom is 0.409 e. The summed E-state index contributed by atoms with van der Waals surface area (Å²) in [4.78, 5) is 22.1. The molecule has 0 saturated carbocycles. The zero-order valence-electron chi connectivity index (χ0n) is 11.6. The Hall–Kier alpha value is -2.04. The van der Waals surface area contributed by atoms with Crippen LogP contribution in [0, 0.1) is 5.92 Å². The standard InChI is InChI=1S/C14H19NO4/c1-9(2)12(16)19-14(3,4)10-5-7-11(8-6-10)15-13(17)18/h5-9,15H,1-4H3,(H,17,18). The minimum Gasteiger partial charge on any atom is -0.465 e. The molecule has 0 unspecified atom stereocenters. The minimum absolute atomic E-state index is 0.188. The number of carboxylic acid groups (broad SMARTS) is 1. The smallest absolute Gasteiger partial charge is 0.409 e. The molecule has 0 atom stereocenters. The molecule has 1 rings (SSSR count). The normalized spacial score (nSPS) is 11.2. The highest BCUT2D eigenvalue weighted by Gasteiger charge is 2.26. The van der Waals surface area contributed by atoms with Crippen LogP contribution in [0.4, 0.5) is 10.5 Å². The Bertz CT molecular complexity index is 463. The van der Waals surface area contributed by atoms with Gasteiger partial charge in [-0.1, -0.05) is 26.0 Å². The summed E-state index contributed by atoms with van der Waals surface area (Å²) >= 11 is 0. The zero-order valence-corrected chi connectivity index (χ0v) is 11.6. The molecule has 0 aliphatic heterocycles. The third-order valence-electron chi connectivity index (χ3n) is 2.66. The number of anilines is 1. The molecule has 2 N–H and O–H groups in total. The summed E-state index contributed by atoms with van der Waals surface area (Å²) in [7, 11) is 0. The maximum atomic E-state index is 11.6. The third-order valence-corrected chi connectivity index (χ3v) is 2.66. The van der Waals surface area contributed by atoms with E-state index in [0.717, 1.165) is 5.56 Å². The monoisotopic (exact) mass is 265 g/mol. The number of ether oxygens (including phenoxy) is 1. The highest BCUT2D eigenvalue weighted by molar-refractivity contribution is 5.82. The summed E-state index contributed by atoms with van der Waals surface area (Å²) in [6.45, 7) is 7.15. The number of hydrogen-bond acceptors (Lipinski definition) is 3. The minimum atomic E-state index is -1.11. The average molecular weight is 265 g/mol. The summed E-state index contributed by atoms with van der Waals surface area (Å²) in [6, 6.07) is 6.74. The van der Waals surface area contributed by atoms with Gasteiger partial charge >= 0.3 is 12.1 Å². The van der Waals surface area contributed by atoms with Crippen molar-refractivity contribution >= 4 is 17.7 Å². The van der Waals surface area contributed by atoms with E-state index < -0.39 is 11.7 Å². The van der Waals surface area contributed by atoms with E-state index in [4.69, 9.17) is 9.84 Å². The highest BCUT2D eigenvalue weighted by atomic mass is 16.6. The number of carbonyl (C=O) groups excluding carboxylic acids is 1. The van der Waals surface area contributed by atoms with Gasteiger partial charge in [0.25, 0.3) is 0 Å². The van der Waals surface area contributed by atoms with Crippen LogP contribution in [0.25, 0.3) is 0 Å². The van der Waals surface area contributed by atoms with Crippen molar-refractivity contribution in [1.82, 2.24) is 0 Å². The van der Waals surface area contributed by atoms with Crippen molar-refractivity contribution in [3.8, 4) is 0 Å². The third kappa shape index (κ3) is 4.28. The second-order valence-electron chi connectivity index (χ2n) is 5.09. The van der Waals surface area contributed by atoms with E-state index in [1.807, 2.05) is 0 Å². The van der Waals surface area contributed by atoms with E-state index >= 15 is 0 Å². The van der Waals surface area contributed by atoms with Gasteiger partial charge in [0.05, 0.1) is 5.92 Å². The molecule has 19 heavy (non-hydrogen) atoms. The number of carbonyl (C=O) groups is 2. The van der Waals surface area contributed by atoms with Crippen LogP contribution in [0.5, 0.6) is 0 Å². The fourth-order valence-electron chi connectivity index (χ4n) is 1.51. The van der Waals surface area contributed by atoms with Crippen LogP contribution in [0.1, 0.15) is 33.3 Å². The van der Waals surface area contributed by atoms with Crippen LogP contribution in [-0.4, -0.2) is 17.2 Å². The summed E-state index contributed by atoms with van der Waals surface area (Å²) in [5, 5.41) is 10.8. The van der Waals surface area contributed by atoms with Gasteiger partial charge in [-0.15, -0.1) is 0 Å². The van der Waals surface area contributed by atoms with Crippen LogP contribution < -0.4 is 5.32 Å². The molecule has 0 saturated heterocycles. The molecule has 0 bridgehead atoms. The predicted octanol–water partition coefficient (Wildman–Crippen LogP) is 3.21. The molecule has 0 aliphatic carbocycles. The number of rotatable bonds is 4. The van der Waals surface area contributed by atoms with Gasteiger partial charge in [0.2, 0.25) is 0 Å². The molecule has 0 radical (unpaired) electrons. The summed E-state index contributed by atoms with van der Waals surface area (Å²) in [5.74, 6) is -0.454. The lowest BCUT2D eigenvalue weighted by Crippen LogP contribution is -2.27. The van der Waals surface area contributed by atoms with E-state index in [2.05, 4.69) is 5.32 Å². The molecular weight excluding hydrogens is 246 g/mol. The van der Waals surface area contributed by atoms with Crippen LogP contribution in [0.2, 0.25) is 0 Å². The second kappa shape index (κ2) is 5.73. The largest absolute Gasteiger partial charge is 0.465 e. The number of hydrogen-bond donors (Lipinski definition) is 2. The van der Waals surface area contributed by atoms with E-state index in [9.17, 15) is 9.59 Å². The molecule has 5 heteroatoms. The number of esters is 1. The van der Waals surface area contributed by atoms with Crippen molar-refractivity contribution in [2.45, 2.75) is 33.3 Å². The zero-order chi connectivity index (χ0) is 14.6. The first-order valence-corrected chi connectivity index (χ1v) is 6.05. The van der Waals surface area contributed by atoms with E-state index in [0.29, 0.717) is 5.69 Å². The van der Waals surface area contributed by atoms with Gasteiger partial charge in [0.15, 0.2) is 0 Å². The van der Waals surface area contributed by atoms with Gasteiger partial charge < -0.3 is 9.84 Å². The van der Waals surface area contributed by atoms with Gasteiger partial charge in [-0.25, -0.2) is 4.79 Å². The van der Waals surface area contributed by atoms with Gasteiger partial charge in [0.1, 0.15) is 5.60 Å². The Balaban J connectivity index is 2.84. The Morgan fingerprint density at radius 3 is 2.16 bits per heavy atom. The van der Waals surface area contributed by atoms with E-state index in [1.165, 1.54) is 0 Å². The lowest BCUT2D eigenvalue weighted by molar-refractivity contribution is -0.161. The van der Waals surface area contributed by atoms with Crippen molar-refractivity contribution in [1.29, 1.82) is 0 Å². The number of amides is 1. The summed E-state index contributed by atoms with van der Waals surface area (Å²) in [5.41, 5.74) is 0.531. The molecule has 0 aromatic heterocycles. The molecular formula is C14H19NO4. The van der Waals surface area contributed by atoms with Crippen LogP contribution in [-0.2, 0) is 15.1 Å². The first-order valence-electron chi connectivity index (χ1n) is 6.05. The SMILES string of the molecule is CC(C)C(=O)OC(C)(C)c1ccc(NC(=O)O)cc1. The van der Waals surface area contributed by atoms with Crippen molar-refractivity contribution in [3.63, 3.8) is 0 Å². The topological polar surface area (TPSA) is 75.6 Å². The molecule has 0 aliphatic rings. The first kappa shape index (κ1) is 15.0. The molecule has 1 aromatic carbocycles. The molecule has 104 valence electrons. The van der Waals surface area contributed by atoms with Crippen LogP contribution >= 0.6 is 0 Å². The second-order valence-corrected chi connectivity index (χ2v) is 5.09. The lowest BCUT2D eigenvalue weighted by atomic mass is 9.97. The van der Waals surface area contributed by atoms with Crippen molar-refractivity contribution < 1.29 is 19.4 Å². The van der Waals surface area contributed by atoms with E-state index in [1.54, 1.807) is 52.0 Å². The fourth-order valence-corrected chi connectivity index (χ4v) is 1.51. The lowest BCUT2D eigenvalue weighted by Gasteiger charge is -2.26. The van der Waals surface area contributed by atoms with Crippen LogP contribution in [0.3, 0.4) is 0 Å². The quantitative estimate of drug-likeness (QED) is 0.820.